The van der Waals surface area contributed by atoms with Crippen LogP contribution in [-0.2, 0) is 9.53 Å². The van der Waals surface area contributed by atoms with Crippen molar-refractivity contribution in [3.8, 4) is 0 Å². The van der Waals surface area contributed by atoms with Crippen LogP contribution in [0.1, 0.15) is 79.3 Å². The lowest BCUT2D eigenvalue weighted by atomic mass is 10.2. The van der Waals surface area contributed by atoms with Gasteiger partial charge >= 0.3 is 6.09 Å². The summed E-state index contributed by atoms with van der Waals surface area (Å²) in [7, 11) is 0. The third-order valence-electron chi connectivity index (χ3n) is 9.24. The second-order valence-corrected chi connectivity index (χ2v) is 15.5. The van der Waals surface area contributed by atoms with Crippen molar-refractivity contribution < 1.29 is 19.1 Å². The molecule has 2 aromatic heterocycles. The molecule has 0 spiro atoms. The van der Waals surface area contributed by atoms with Crippen LogP contribution in [0.25, 0.3) is 0 Å². The van der Waals surface area contributed by atoms with E-state index < -0.39 is 6.09 Å². The lowest BCUT2D eigenvalue weighted by Gasteiger charge is -2.35. The number of para-hydroxylation sites is 1. The van der Waals surface area contributed by atoms with Crippen LogP contribution in [0.3, 0.4) is 0 Å². The first kappa shape index (κ1) is 47.4. The van der Waals surface area contributed by atoms with Crippen LogP contribution < -0.4 is 26.2 Å². The van der Waals surface area contributed by atoms with Gasteiger partial charge in [-0.1, -0.05) is 103 Å². The second kappa shape index (κ2) is 27.4. The number of nitrogens with one attached hydrogen (secondary N) is 4. The highest BCUT2D eigenvalue weighted by Crippen LogP contribution is 2.28. The summed E-state index contributed by atoms with van der Waals surface area (Å²) in [6.07, 6.45) is 29.7. The number of nitrogens with zero attached hydrogens (tertiary/aromatic N) is 5. The van der Waals surface area contributed by atoms with Crippen LogP contribution >= 0.6 is 22.9 Å². The SMILES string of the molecule is CC/C=C\C/C=C\C/C=C\C/C=C\C/C=C\CCCC(=O)NCCNC(=O)OCCN1CCN(c2cc(Nc3ncc(C(=O)Nc4c(C)cccc4Cl)s3)nc(C)n2)CC1. The molecule has 1 aromatic carbocycles. The van der Waals surface area contributed by atoms with E-state index in [1.165, 1.54) is 17.5 Å². The Morgan fingerprint density at radius 3 is 2.22 bits per heavy atom. The highest BCUT2D eigenvalue weighted by molar-refractivity contribution is 7.17. The number of unbranched alkanes of at least 4 members (excludes halogenated alkanes) is 1. The molecule has 60 heavy (non-hydrogen) atoms. The summed E-state index contributed by atoms with van der Waals surface area (Å²) in [5.41, 5.74) is 1.45. The molecule has 0 aliphatic carbocycles. The van der Waals surface area contributed by atoms with E-state index in [2.05, 4.69) is 114 Å². The zero-order chi connectivity index (χ0) is 42.8. The van der Waals surface area contributed by atoms with Crippen molar-refractivity contribution in [2.24, 2.45) is 0 Å². The number of carbonyl (C=O) groups is 3. The van der Waals surface area contributed by atoms with Crippen molar-refractivity contribution in [3.05, 3.63) is 113 Å². The second-order valence-electron chi connectivity index (χ2n) is 14.0. The number of rotatable bonds is 24. The Balaban J connectivity index is 1.02. The van der Waals surface area contributed by atoms with Gasteiger partial charge in [0.15, 0.2) is 5.13 Å². The number of hydrogen-bond acceptors (Lipinski definition) is 11. The normalized spacial score (nSPS) is 13.6. The van der Waals surface area contributed by atoms with Gasteiger partial charge in [-0.05, 0) is 70.4 Å². The summed E-state index contributed by atoms with van der Waals surface area (Å²) < 4.78 is 5.37. The van der Waals surface area contributed by atoms with Crippen LogP contribution in [-0.4, -0.2) is 90.2 Å². The molecule has 322 valence electrons. The molecule has 1 aliphatic heterocycles. The predicted molar refractivity (Wildman–Crippen MR) is 246 cm³/mol. The van der Waals surface area contributed by atoms with E-state index in [-0.39, 0.29) is 18.4 Å². The average molecular weight is 859 g/mol. The zero-order valence-corrected chi connectivity index (χ0v) is 36.7. The van der Waals surface area contributed by atoms with E-state index in [1.807, 2.05) is 32.0 Å². The van der Waals surface area contributed by atoms with E-state index in [9.17, 15) is 14.4 Å². The number of allylic oxidation sites excluding steroid dienone is 10. The number of ether oxygens (including phenoxy) is 1. The molecule has 13 nitrogen and oxygen atoms in total. The number of aryl methyl sites for hydroxylation is 2. The molecule has 0 saturated carbocycles. The van der Waals surface area contributed by atoms with Crippen LogP contribution in [0.2, 0.25) is 5.02 Å². The number of anilines is 4. The lowest BCUT2D eigenvalue weighted by molar-refractivity contribution is -0.121. The number of carbonyl (C=O) groups excluding carboxylic acids is 3. The van der Waals surface area contributed by atoms with Crippen LogP contribution in [0.5, 0.6) is 0 Å². The van der Waals surface area contributed by atoms with Crippen molar-refractivity contribution in [1.29, 1.82) is 0 Å². The number of piperazine rings is 1. The fraction of sp³-hybridized carbons (Fsp3) is 0.422. The molecule has 0 radical (unpaired) electrons. The van der Waals surface area contributed by atoms with E-state index in [0.717, 1.165) is 82.5 Å². The molecule has 1 aliphatic rings. The number of halogens is 1. The van der Waals surface area contributed by atoms with E-state index >= 15 is 0 Å². The summed E-state index contributed by atoms with van der Waals surface area (Å²) in [5.74, 6) is 1.67. The minimum atomic E-state index is -0.499. The summed E-state index contributed by atoms with van der Waals surface area (Å²) in [6.45, 7) is 10.4. The van der Waals surface area contributed by atoms with Gasteiger partial charge < -0.3 is 30.9 Å². The monoisotopic (exact) mass is 857 g/mol. The molecule has 0 atom stereocenters. The van der Waals surface area contributed by atoms with Gasteiger partial charge in [-0.2, -0.15) is 0 Å². The van der Waals surface area contributed by atoms with Crippen molar-refractivity contribution in [2.45, 2.75) is 72.1 Å². The highest BCUT2D eigenvalue weighted by atomic mass is 35.5. The number of alkyl carbamates (subject to hydrolysis) is 1. The van der Waals surface area contributed by atoms with Crippen molar-refractivity contribution in [2.75, 3.05) is 68.0 Å². The van der Waals surface area contributed by atoms with Gasteiger partial charge in [0.25, 0.3) is 5.91 Å². The van der Waals surface area contributed by atoms with Crippen molar-refractivity contribution in [1.82, 2.24) is 30.5 Å². The number of benzene rings is 1. The lowest BCUT2D eigenvalue weighted by Crippen LogP contribution is -2.48. The third-order valence-corrected chi connectivity index (χ3v) is 10.5. The first-order chi connectivity index (χ1) is 29.2. The molecular formula is C45H60ClN9O4S. The molecule has 3 aromatic rings. The smallest absolute Gasteiger partial charge is 0.407 e. The number of aromatic nitrogens is 3. The first-order valence-corrected chi connectivity index (χ1v) is 22.0. The fourth-order valence-corrected chi connectivity index (χ4v) is 7.00. The molecule has 0 bridgehead atoms. The Morgan fingerprint density at radius 1 is 0.867 bits per heavy atom. The molecule has 1 saturated heterocycles. The standard InChI is InChI=1S/C45H60ClN9O4S/c1-4-5-6-7-8-9-10-11-12-13-14-15-16-17-18-19-20-24-41(56)47-25-26-48-45(58)59-32-31-54-27-29-55(30-28-54)40-33-39(50-36(3)51-40)52-44-49-34-38(60-44)43(57)53-42-35(2)22-21-23-37(42)46/h5-6,8-9,11-12,14-15,17-18,21-23,33-34H,4,7,10,13,16,19-20,24-32H2,1-3H3,(H,47,56)(H,48,58)(H,53,57)(H,49,50,51,52)/b6-5-,9-8-,12-11-,15-14-,18-17-. The number of thiazole rings is 1. The Labute approximate surface area is 364 Å². The Morgan fingerprint density at radius 2 is 1.53 bits per heavy atom. The van der Waals surface area contributed by atoms with Gasteiger partial charge in [-0.3, -0.25) is 14.5 Å². The average Bonchev–Trinajstić information content (AvgIpc) is 3.70. The molecule has 4 N–H and O–H groups in total. The molecule has 3 heterocycles. The quantitative estimate of drug-likeness (QED) is 0.0507. The maximum Gasteiger partial charge on any atom is 0.407 e. The Hall–Kier alpha value is -5.31. The van der Waals surface area contributed by atoms with Gasteiger partial charge in [0.1, 0.15) is 28.9 Å². The third kappa shape index (κ3) is 18.3. The molecule has 0 unspecified atom stereocenters. The summed E-state index contributed by atoms with van der Waals surface area (Å²) in [5, 5.41) is 12.6. The Bertz CT molecular complexity index is 1930. The fourth-order valence-electron chi connectivity index (χ4n) is 6.01. The Kier molecular flexibility index (Phi) is 21.7. The van der Waals surface area contributed by atoms with E-state index in [4.69, 9.17) is 16.3 Å². The van der Waals surface area contributed by atoms with Crippen LogP contribution in [0, 0.1) is 13.8 Å². The van der Waals surface area contributed by atoms with Gasteiger partial charge in [0, 0.05) is 58.3 Å². The predicted octanol–water partition coefficient (Wildman–Crippen LogP) is 9.09. The molecule has 1 fully saturated rings. The summed E-state index contributed by atoms with van der Waals surface area (Å²) in [6, 6.07) is 7.33. The molecule has 15 heteroatoms. The topological polar surface area (TPSA) is 154 Å². The van der Waals surface area contributed by atoms with Crippen LogP contribution in [0.4, 0.5) is 27.2 Å². The first-order valence-electron chi connectivity index (χ1n) is 20.8. The molecular weight excluding hydrogens is 798 g/mol. The summed E-state index contributed by atoms with van der Waals surface area (Å²) in [4.78, 5) is 55.7. The minimum absolute atomic E-state index is 0.0264. The molecule has 4 rings (SSSR count). The molecule has 3 amide bonds. The minimum Gasteiger partial charge on any atom is -0.448 e. The summed E-state index contributed by atoms with van der Waals surface area (Å²) >= 11 is 7.50. The maximum absolute atomic E-state index is 12.9. The number of amides is 3. The number of hydrogen-bond donors (Lipinski definition) is 4. The van der Waals surface area contributed by atoms with Gasteiger partial charge in [0.05, 0.1) is 16.9 Å². The van der Waals surface area contributed by atoms with Crippen LogP contribution in [0.15, 0.2) is 91.2 Å². The maximum atomic E-state index is 12.9. The van der Waals surface area contributed by atoms with E-state index in [0.29, 0.717) is 58.4 Å². The van der Waals surface area contributed by atoms with Gasteiger partial charge in [-0.25, -0.2) is 19.7 Å². The van der Waals surface area contributed by atoms with Gasteiger partial charge in [-0.15, -0.1) is 0 Å². The van der Waals surface area contributed by atoms with Crippen molar-refractivity contribution in [3.63, 3.8) is 0 Å². The van der Waals surface area contributed by atoms with Gasteiger partial charge in [0.2, 0.25) is 5.91 Å². The largest absolute Gasteiger partial charge is 0.448 e. The highest BCUT2D eigenvalue weighted by Gasteiger charge is 2.20. The van der Waals surface area contributed by atoms with E-state index in [1.54, 1.807) is 6.07 Å². The van der Waals surface area contributed by atoms with Crippen molar-refractivity contribution >= 4 is 63.3 Å². The zero-order valence-electron chi connectivity index (χ0n) is 35.1.